The topological polar surface area (TPSA) is 88.3 Å². The van der Waals surface area contributed by atoms with Gasteiger partial charge >= 0.3 is 0 Å². The molecule has 0 bridgehead atoms. The van der Waals surface area contributed by atoms with Crippen LogP contribution in [0.25, 0.3) is 0 Å². The summed E-state index contributed by atoms with van der Waals surface area (Å²) in [6.07, 6.45) is 2.64. The van der Waals surface area contributed by atoms with Crippen molar-refractivity contribution < 1.29 is 17.9 Å². The third kappa shape index (κ3) is 3.74. The molecular formula is C12H17ClN2O4S. The fraction of sp³-hybridized carbons (Fsp3) is 0.583. The molecule has 1 aliphatic rings. The molecule has 0 aromatic carbocycles. The number of halogens is 1. The quantitative estimate of drug-likeness (QED) is 0.828. The molecule has 2 heterocycles. The molecule has 0 saturated carbocycles. The fourth-order valence-electron chi connectivity index (χ4n) is 2.26. The minimum atomic E-state index is -3.83. The van der Waals surface area contributed by atoms with Gasteiger partial charge in [-0.2, -0.15) is 0 Å². The summed E-state index contributed by atoms with van der Waals surface area (Å²) in [5.41, 5.74) is -0.0927. The first kappa shape index (κ1) is 15.3. The van der Waals surface area contributed by atoms with E-state index in [1.165, 1.54) is 12.3 Å². The molecule has 8 heteroatoms. The molecule has 0 radical (unpaired) electrons. The zero-order valence-electron chi connectivity index (χ0n) is 11.3. The molecule has 1 unspecified atom stereocenters. The van der Waals surface area contributed by atoms with Gasteiger partial charge in [-0.3, -0.25) is 4.79 Å². The van der Waals surface area contributed by atoms with E-state index >= 15 is 0 Å². The minimum absolute atomic E-state index is 0.00519. The van der Waals surface area contributed by atoms with Crippen molar-refractivity contribution in [2.24, 2.45) is 0 Å². The number of H-pyrrole nitrogens is 1. The van der Waals surface area contributed by atoms with Gasteiger partial charge in [-0.05, 0) is 32.8 Å². The molecule has 1 atom stereocenters. The van der Waals surface area contributed by atoms with Gasteiger partial charge < -0.3 is 15.0 Å². The fourth-order valence-corrected chi connectivity index (χ4v) is 2.99. The van der Waals surface area contributed by atoms with Gasteiger partial charge in [0.1, 0.15) is 10.6 Å². The lowest BCUT2D eigenvalue weighted by molar-refractivity contribution is -0.0615. The first-order valence-corrected chi connectivity index (χ1v) is 8.56. The number of hydrogen-bond donors (Lipinski definition) is 2. The Bertz CT molecular complexity index is 609. The molecule has 1 saturated heterocycles. The lowest BCUT2D eigenvalue weighted by Crippen LogP contribution is -2.45. The van der Waals surface area contributed by atoms with Crippen LogP contribution < -0.4 is 5.32 Å². The zero-order valence-corrected chi connectivity index (χ0v) is 12.8. The lowest BCUT2D eigenvalue weighted by Gasteiger charge is -2.35. The number of aromatic amines is 1. The van der Waals surface area contributed by atoms with Crippen LogP contribution in [0.3, 0.4) is 0 Å². The smallest absolute Gasteiger partial charge is 0.267 e. The molecule has 1 aliphatic heterocycles. The summed E-state index contributed by atoms with van der Waals surface area (Å²) in [6, 6.07) is 1.23. The van der Waals surface area contributed by atoms with Gasteiger partial charge in [0, 0.05) is 29.5 Å². The van der Waals surface area contributed by atoms with Crippen molar-refractivity contribution in [2.75, 3.05) is 6.61 Å². The maximum absolute atomic E-state index is 12.0. The number of hydrogen-bond acceptors (Lipinski definition) is 4. The number of carbonyl (C=O) groups excluding carboxylic acids is 1. The highest BCUT2D eigenvalue weighted by Gasteiger charge is 2.30. The summed E-state index contributed by atoms with van der Waals surface area (Å²) in [5, 5.41) is 2.87. The third-order valence-electron chi connectivity index (χ3n) is 3.22. The van der Waals surface area contributed by atoms with Crippen molar-refractivity contribution in [3.8, 4) is 0 Å². The van der Waals surface area contributed by atoms with E-state index in [0.717, 1.165) is 6.42 Å². The Balaban J connectivity index is 2.03. The van der Waals surface area contributed by atoms with Gasteiger partial charge in [0.25, 0.3) is 15.0 Å². The second-order valence-electron chi connectivity index (χ2n) is 5.46. The van der Waals surface area contributed by atoms with E-state index in [2.05, 4.69) is 10.3 Å². The number of aromatic nitrogens is 1. The van der Waals surface area contributed by atoms with Crippen LogP contribution in [0.15, 0.2) is 17.2 Å². The van der Waals surface area contributed by atoms with E-state index < -0.39 is 9.05 Å². The Kier molecular flexibility index (Phi) is 4.13. The standard InChI is InChI=1S/C12H17ClN2O4S/c1-12(2)6-8(3-4-19-12)15-11(16)10-5-9(7-14-10)20(13,17)18/h5,7-8,14H,3-4,6H2,1-2H3,(H,15,16). The van der Waals surface area contributed by atoms with Gasteiger partial charge in [0.05, 0.1) is 5.60 Å². The van der Waals surface area contributed by atoms with Crippen LogP contribution in [0, 0.1) is 0 Å². The first-order valence-electron chi connectivity index (χ1n) is 6.25. The van der Waals surface area contributed by atoms with Crippen LogP contribution in [0.5, 0.6) is 0 Å². The van der Waals surface area contributed by atoms with Crippen molar-refractivity contribution >= 4 is 25.6 Å². The minimum Gasteiger partial charge on any atom is -0.375 e. The highest BCUT2D eigenvalue weighted by atomic mass is 35.7. The molecule has 1 amide bonds. The average molecular weight is 321 g/mol. The second kappa shape index (κ2) is 5.38. The Morgan fingerprint density at radius 3 is 2.80 bits per heavy atom. The molecule has 112 valence electrons. The monoisotopic (exact) mass is 320 g/mol. The second-order valence-corrected chi connectivity index (χ2v) is 8.02. The van der Waals surface area contributed by atoms with Crippen molar-refractivity contribution in [1.82, 2.24) is 10.3 Å². The van der Waals surface area contributed by atoms with Crippen LogP contribution in [0.4, 0.5) is 0 Å². The third-order valence-corrected chi connectivity index (χ3v) is 4.55. The van der Waals surface area contributed by atoms with Crippen molar-refractivity contribution in [2.45, 2.75) is 43.2 Å². The maximum atomic E-state index is 12.0. The van der Waals surface area contributed by atoms with E-state index in [1.54, 1.807) is 0 Å². The highest BCUT2D eigenvalue weighted by molar-refractivity contribution is 8.13. The van der Waals surface area contributed by atoms with E-state index in [-0.39, 0.29) is 28.1 Å². The summed E-state index contributed by atoms with van der Waals surface area (Å²) in [4.78, 5) is 14.5. The van der Waals surface area contributed by atoms with Gasteiger partial charge in [0.2, 0.25) is 0 Å². The molecule has 0 aliphatic carbocycles. The van der Waals surface area contributed by atoms with E-state index in [1.807, 2.05) is 13.8 Å². The molecular weight excluding hydrogens is 304 g/mol. The molecule has 0 spiro atoms. The zero-order chi connectivity index (χ0) is 15.0. The normalized spacial score (nSPS) is 22.4. The van der Waals surface area contributed by atoms with Crippen LogP contribution in [-0.4, -0.2) is 37.6 Å². The predicted molar refractivity (Wildman–Crippen MR) is 74.4 cm³/mol. The number of rotatable bonds is 3. The average Bonchev–Trinajstić information content (AvgIpc) is 2.76. The SMILES string of the molecule is CC1(C)CC(NC(=O)c2cc(S(=O)(=O)Cl)c[nH]2)CCO1. The van der Waals surface area contributed by atoms with Crippen LogP contribution in [0.1, 0.15) is 37.2 Å². The molecule has 2 N–H and O–H groups in total. The molecule has 6 nitrogen and oxygen atoms in total. The van der Waals surface area contributed by atoms with Crippen LogP contribution in [0.2, 0.25) is 0 Å². The number of nitrogens with one attached hydrogen (secondary N) is 2. The molecule has 1 aromatic heterocycles. The van der Waals surface area contributed by atoms with Crippen molar-refractivity contribution in [1.29, 1.82) is 0 Å². The lowest BCUT2D eigenvalue weighted by atomic mass is 9.94. The number of carbonyl (C=O) groups is 1. The van der Waals surface area contributed by atoms with Crippen LogP contribution >= 0.6 is 10.7 Å². The van der Waals surface area contributed by atoms with Crippen molar-refractivity contribution in [3.05, 3.63) is 18.0 Å². The summed E-state index contributed by atoms with van der Waals surface area (Å²) < 4.78 is 27.9. The van der Waals surface area contributed by atoms with Gasteiger partial charge in [-0.25, -0.2) is 8.42 Å². The van der Waals surface area contributed by atoms with E-state index in [4.69, 9.17) is 15.4 Å². The summed E-state index contributed by atoms with van der Waals surface area (Å²) in [5.74, 6) is -0.348. The number of amides is 1. The first-order chi connectivity index (χ1) is 9.17. The van der Waals surface area contributed by atoms with E-state index in [9.17, 15) is 13.2 Å². The Hall–Kier alpha value is -1.05. The molecule has 1 aromatic rings. The predicted octanol–water partition coefficient (Wildman–Crippen LogP) is 1.63. The Morgan fingerprint density at radius 2 is 2.25 bits per heavy atom. The van der Waals surface area contributed by atoms with Gasteiger partial charge in [-0.15, -0.1) is 0 Å². The van der Waals surface area contributed by atoms with Gasteiger partial charge in [0.15, 0.2) is 0 Å². The van der Waals surface area contributed by atoms with Crippen molar-refractivity contribution in [3.63, 3.8) is 0 Å². The Morgan fingerprint density at radius 1 is 1.55 bits per heavy atom. The molecule has 20 heavy (non-hydrogen) atoms. The maximum Gasteiger partial charge on any atom is 0.267 e. The van der Waals surface area contributed by atoms with E-state index in [0.29, 0.717) is 13.0 Å². The largest absolute Gasteiger partial charge is 0.375 e. The molecule has 1 fully saturated rings. The van der Waals surface area contributed by atoms with Gasteiger partial charge in [-0.1, -0.05) is 0 Å². The summed E-state index contributed by atoms with van der Waals surface area (Å²) in [6.45, 7) is 4.53. The summed E-state index contributed by atoms with van der Waals surface area (Å²) >= 11 is 0. The Labute approximate surface area is 122 Å². The van der Waals surface area contributed by atoms with Crippen LogP contribution in [-0.2, 0) is 13.8 Å². The molecule has 2 rings (SSSR count). The number of ether oxygens (including phenoxy) is 1. The highest BCUT2D eigenvalue weighted by Crippen LogP contribution is 2.24. The summed E-state index contributed by atoms with van der Waals surface area (Å²) in [7, 11) is 1.38.